The lowest BCUT2D eigenvalue weighted by Gasteiger charge is -2.31. The summed E-state index contributed by atoms with van der Waals surface area (Å²) in [5.74, 6) is 1.34. The van der Waals surface area contributed by atoms with E-state index in [1.165, 1.54) is 0 Å². The van der Waals surface area contributed by atoms with E-state index in [2.05, 4.69) is 32.8 Å². The molecule has 44 heavy (non-hydrogen) atoms. The van der Waals surface area contributed by atoms with Gasteiger partial charge < -0.3 is 19.3 Å². The van der Waals surface area contributed by atoms with Gasteiger partial charge >= 0.3 is 0 Å². The fraction of sp³-hybridized carbons (Fsp3) is 0.257. The highest BCUT2D eigenvalue weighted by molar-refractivity contribution is 9.10. The Bertz CT molecular complexity index is 1610. The van der Waals surface area contributed by atoms with E-state index >= 15 is 0 Å². The molecule has 5 rings (SSSR count). The predicted molar refractivity (Wildman–Crippen MR) is 174 cm³/mol. The van der Waals surface area contributed by atoms with E-state index in [-0.39, 0.29) is 18.9 Å². The Hall–Kier alpha value is -4.18. The van der Waals surface area contributed by atoms with Crippen LogP contribution in [0.15, 0.2) is 107 Å². The maximum Gasteiger partial charge on any atom is 0.266 e. The van der Waals surface area contributed by atoms with Crippen molar-refractivity contribution < 1.29 is 24.1 Å². The maximum absolute atomic E-state index is 14.4. The van der Waals surface area contributed by atoms with Crippen molar-refractivity contribution in [2.75, 3.05) is 20.3 Å². The highest BCUT2D eigenvalue weighted by Gasteiger charge is 2.53. The van der Waals surface area contributed by atoms with Crippen molar-refractivity contribution in [1.82, 2.24) is 10.9 Å². The highest BCUT2D eigenvalue weighted by atomic mass is 79.9. The zero-order chi connectivity index (χ0) is 30.9. The molecule has 0 bridgehead atoms. The van der Waals surface area contributed by atoms with E-state index in [4.69, 9.17) is 24.3 Å². The van der Waals surface area contributed by atoms with Crippen molar-refractivity contribution in [3.8, 4) is 11.5 Å². The molecule has 0 saturated heterocycles. The summed E-state index contributed by atoms with van der Waals surface area (Å²) in [6.07, 6.45) is 0.0470. The van der Waals surface area contributed by atoms with Crippen LogP contribution in [0.5, 0.6) is 11.5 Å². The topological polar surface area (TPSA) is 101 Å². The summed E-state index contributed by atoms with van der Waals surface area (Å²) < 4.78 is 18.7. The number of aliphatic imine (C=N–C) groups is 1. The molecule has 8 nitrogen and oxygen atoms in total. The third kappa shape index (κ3) is 7.30. The van der Waals surface area contributed by atoms with E-state index in [1.807, 2.05) is 97.9 Å². The maximum atomic E-state index is 14.4. The molecule has 228 valence electrons. The number of hydrogen-bond acceptors (Lipinski definition) is 7. The summed E-state index contributed by atoms with van der Waals surface area (Å²) in [5, 5.41) is 9.06. The van der Waals surface area contributed by atoms with Crippen LogP contribution in [0.25, 0.3) is 0 Å². The number of aliphatic hydroxyl groups is 1. The molecule has 1 aliphatic rings. The second-order valence-corrected chi connectivity index (χ2v) is 11.5. The minimum absolute atomic E-state index is 0.0654. The van der Waals surface area contributed by atoms with E-state index in [1.54, 1.807) is 7.11 Å². The number of amides is 1. The number of halogens is 1. The van der Waals surface area contributed by atoms with Gasteiger partial charge in [0, 0.05) is 36.0 Å². The SMILES string of the molecule is COc1cccc([C@@H]2OC(c3ccc(OCCCO)cc3)=N[C@]2(Cc2ccccc2Br)C(=O)NNCc2cccc(C)c2)c1. The molecule has 4 aromatic carbocycles. The van der Waals surface area contributed by atoms with Crippen molar-refractivity contribution in [3.63, 3.8) is 0 Å². The van der Waals surface area contributed by atoms with Gasteiger partial charge in [-0.25, -0.2) is 10.4 Å². The van der Waals surface area contributed by atoms with Gasteiger partial charge in [0.15, 0.2) is 11.6 Å². The van der Waals surface area contributed by atoms with Crippen molar-refractivity contribution in [3.05, 3.63) is 129 Å². The number of carbonyl (C=O) groups is 1. The van der Waals surface area contributed by atoms with Crippen LogP contribution >= 0.6 is 15.9 Å². The molecule has 9 heteroatoms. The fourth-order valence-electron chi connectivity index (χ4n) is 5.18. The molecule has 3 N–H and O–H groups in total. The molecular weight excluding hydrogens is 622 g/mol. The van der Waals surface area contributed by atoms with E-state index in [0.29, 0.717) is 42.5 Å². The predicted octanol–water partition coefficient (Wildman–Crippen LogP) is 5.85. The molecule has 1 aliphatic heterocycles. The lowest BCUT2D eigenvalue weighted by atomic mass is 9.82. The van der Waals surface area contributed by atoms with Crippen molar-refractivity contribution >= 4 is 27.7 Å². The molecule has 0 aliphatic carbocycles. The Morgan fingerprint density at radius 3 is 2.55 bits per heavy atom. The molecule has 4 aromatic rings. The van der Waals surface area contributed by atoms with Gasteiger partial charge in [-0.3, -0.25) is 10.2 Å². The van der Waals surface area contributed by atoms with E-state index in [0.717, 1.165) is 26.7 Å². The number of benzene rings is 4. The van der Waals surface area contributed by atoms with Gasteiger partial charge in [0.1, 0.15) is 11.5 Å². The van der Waals surface area contributed by atoms with Crippen LogP contribution in [-0.2, 0) is 22.5 Å². The monoisotopic (exact) mass is 657 g/mol. The Kier molecular flexibility index (Phi) is 10.3. The van der Waals surface area contributed by atoms with Crippen LogP contribution in [-0.4, -0.2) is 42.8 Å². The largest absolute Gasteiger partial charge is 0.497 e. The van der Waals surface area contributed by atoms with Gasteiger partial charge in [-0.15, -0.1) is 0 Å². The standard InChI is InChI=1S/C35H36BrN3O5/c1-24-8-5-9-25(20-24)23-37-39-34(41)35(22-28-10-3-4-13-31(28)36)32(27-11-6-12-30(21-27)42-2)44-33(38-35)26-14-16-29(17-15-26)43-19-7-18-40/h3-6,8-17,20-21,32,37,40H,7,18-19,22-23H2,1-2H3,(H,39,41)/t32-,35-/m0/s1. The summed E-state index contributed by atoms with van der Waals surface area (Å²) >= 11 is 3.67. The summed E-state index contributed by atoms with van der Waals surface area (Å²) in [7, 11) is 1.61. The van der Waals surface area contributed by atoms with Crippen molar-refractivity contribution in [2.24, 2.45) is 4.99 Å². The lowest BCUT2D eigenvalue weighted by molar-refractivity contribution is -0.130. The van der Waals surface area contributed by atoms with Crippen LogP contribution in [0.1, 0.15) is 40.3 Å². The Morgan fingerprint density at radius 1 is 1.00 bits per heavy atom. The smallest absolute Gasteiger partial charge is 0.266 e. The number of nitrogens with zero attached hydrogens (tertiary/aromatic N) is 1. The van der Waals surface area contributed by atoms with E-state index in [9.17, 15) is 4.79 Å². The third-order valence-corrected chi connectivity index (χ3v) is 8.19. The molecule has 1 amide bonds. The number of carbonyl (C=O) groups excluding carboxylic acids is 1. The first kappa shape index (κ1) is 31.3. The van der Waals surface area contributed by atoms with Crippen LogP contribution < -0.4 is 20.3 Å². The van der Waals surface area contributed by atoms with Gasteiger partial charge in [-0.05, 0) is 66.1 Å². The summed E-state index contributed by atoms with van der Waals surface area (Å²) in [4.78, 5) is 19.5. The zero-order valence-electron chi connectivity index (χ0n) is 24.8. The number of aryl methyl sites for hydroxylation is 1. The van der Waals surface area contributed by atoms with E-state index < -0.39 is 11.6 Å². The average Bonchev–Trinajstić information content (AvgIpc) is 3.43. The Labute approximate surface area is 266 Å². The van der Waals surface area contributed by atoms with Gasteiger partial charge in [0.25, 0.3) is 5.91 Å². The molecule has 1 heterocycles. The van der Waals surface area contributed by atoms with Crippen molar-refractivity contribution in [1.29, 1.82) is 0 Å². The molecule has 0 fully saturated rings. The number of ether oxygens (including phenoxy) is 3. The average molecular weight is 659 g/mol. The Balaban J connectivity index is 1.54. The van der Waals surface area contributed by atoms with Crippen molar-refractivity contribution in [2.45, 2.75) is 38.0 Å². The van der Waals surface area contributed by atoms with Crippen LogP contribution in [0.4, 0.5) is 0 Å². The highest BCUT2D eigenvalue weighted by Crippen LogP contribution is 2.44. The second kappa shape index (κ2) is 14.5. The molecule has 0 aromatic heterocycles. The molecule has 0 spiro atoms. The van der Waals surface area contributed by atoms with Gasteiger partial charge in [-0.1, -0.05) is 76.1 Å². The minimum atomic E-state index is -1.37. The number of rotatable bonds is 13. The first-order chi connectivity index (χ1) is 21.4. The minimum Gasteiger partial charge on any atom is -0.497 e. The number of aliphatic hydroxyl groups excluding tert-OH is 1. The summed E-state index contributed by atoms with van der Waals surface area (Å²) in [6, 6.07) is 30.8. The number of hydrazine groups is 1. The summed E-state index contributed by atoms with van der Waals surface area (Å²) in [5.41, 5.74) is 9.26. The molecular formula is C35H36BrN3O5. The van der Waals surface area contributed by atoms with Gasteiger partial charge in [0.2, 0.25) is 5.90 Å². The number of nitrogens with one attached hydrogen (secondary N) is 2. The summed E-state index contributed by atoms with van der Waals surface area (Å²) in [6.45, 7) is 2.96. The first-order valence-electron chi connectivity index (χ1n) is 14.5. The fourth-order valence-corrected chi connectivity index (χ4v) is 5.60. The first-order valence-corrected chi connectivity index (χ1v) is 15.3. The Morgan fingerprint density at radius 2 is 1.80 bits per heavy atom. The normalized spacial score (nSPS) is 17.5. The number of hydrogen-bond donors (Lipinski definition) is 3. The molecule has 0 radical (unpaired) electrons. The number of methoxy groups -OCH3 is 1. The van der Waals surface area contributed by atoms with Crippen LogP contribution in [0, 0.1) is 6.92 Å². The third-order valence-electron chi connectivity index (χ3n) is 7.42. The van der Waals surface area contributed by atoms with Gasteiger partial charge in [0.05, 0.1) is 13.7 Å². The molecule has 0 saturated carbocycles. The van der Waals surface area contributed by atoms with Gasteiger partial charge in [-0.2, -0.15) is 0 Å². The second-order valence-electron chi connectivity index (χ2n) is 10.6. The quantitative estimate of drug-likeness (QED) is 0.123. The molecule has 2 atom stereocenters. The van der Waals surface area contributed by atoms with Crippen LogP contribution in [0.2, 0.25) is 0 Å². The van der Waals surface area contributed by atoms with Crippen LogP contribution in [0.3, 0.4) is 0 Å². The zero-order valence-corrected chi connectivity index (χ0v) is 26.3. The molecule has 0 unspecified atom stereocenters. The lowest BCUT2D eigenvalue weighted by Crippen LogP contribution is -2.53.